The van der Waals surface area contributed by atoms with Gasteiger partial charge in [0.1, 0.15) is 23.1 Å². The van der Waals surface area contributed by atoms with Gasteiger partial charge in [-0.3, -0.25) is 9.59 Å². The number of pyridine rings is 1. The summed E-state index contributed by atoms with van der Waals surface area (Å²) in [7, 11) is 0. The Balaban J connectivity index is 1.86. The molecular weight excluding hydrogens is 410 g/mol. The molecule has 0 fully saturated rings. The van der Waals surface area contributed by atoms with Crippen LogP contribution in [-0.2, 0) is 0 Å². The van der Waals surface area contributed by atoms with E-state index in [-0.39, 0.29) is 22.2 Å². The number of fused-ring (bicyclic) bond motifs is 1. The first-order valence-corrected chi connectivity index (χ1v) is 9.48. The van der Waals surface area contributed by atoms with Crippen LogP contribution in [0.4, 0.5) is 0 Å². The van der Waals surface area contributed by atoms with Crippen molar-refractivity contribution in [3.05, 3.63) is 105 Å². The van der Waals surface area contributed by atoms with Gasteiger partial charge in [0.25, 0.3) is 11.1 Å². The van der Waals surface area contributed by atoms with E-state index in [0.717, 1.165) is 9.36 Å². The third-order valence-corrected chi connectivity index (χ3v) is 4.76. The van der Waals surface area contributed by atoms with E-state index in [2.05, 4.69) is 10.2 Å². The minimum absolute atomic E-state index is 0.0862. The van der Waals surface area contributed by atoms with Crippen molar-refractivity contribution in [2.45, 2.75) is 0 Å². The van der Waals surface area contributed by atoms with Gasteiger partial charge in [-0.2, -0.15) is 24.8 Å². The highest BCUT2D eigenvalue weighted by Gasteiger charge is 2.20. The summed E-state index contributed by atoms with van der Waals surface area (Å²) in [6.07, 6.45) is 4.30. The standard InChI is InChI=1S/C23H13N5O4/c24-13-18-17-12-19(20-9-5-11-32-20)28(25-14-16-8-4-10-31-16)23(30)21(17)26-27(22(18)29)15-6-2-1-3-7-15/h1-12,14H/b25-14+. The lowest BCUT2D eigenvalue weighted by Gasteiger charge is -2.11. The van der Waals surface area contributed by atoms with Crippen LogP contribution in [0.25, 0.3) is 28.0 Å². The lowest BCUT2D eigenvalue weighted by Crippen LogP contribution is -2.28. The Morgan fingerprint density at radius 2 is 1.75 bits per heavy atom. The Labute approximate surface area is 179 Å². The van der Waals surface area contributed by atoms with Gasteiger partial charge in [0, 0.05) is 5.39 Å². The second kappa shape index (κ2) is 7.70. The summed E-state index contributed by atoms with van der Waals surface area (Å²) in [4.78, 5) is 26.4. The molecule has 0 aliphatic rings. The van der Waals surface area contributed by atoms with E-state index in [9.17, 15) is 14.9 Å². The number of furan rings is 2. The molecule has 9 nitrogen and oxygen atoms in total. The predicted molar refractivity (Wildman–Crippen MR) is 116 cm³/mol. The summed E-state index contributed by atoms with van der Waals surface area (Å²) in [5.41, 5.74) is -0.866. The van der Waals surface area contributed by atoms with E-state index >= 15 is 0 Å². The molecule has 0 N–H and O–H groups in total. The molecule has 0 aliphatic heterocycles. The average molecular weight is 423 g/mol. The van der Waals surface area contributed by atoms with Crippen LogP contribution in [0.1, 0.15) is 11.3 Å². The van der Waals surface area contributed by atoms with Crippen LogP contribution in [0.3, 0.4) is 0 Å². The summed E-state index contributed by atoms with van der Waals surface area (Å²) in [5, 5.41) is 18.4. The lowest BCUT2D eigenvalue weighted by molar-refractivity contribution is 0.558. The number of nitriles is 1. The SMILES string of the molecule is N#Cc1c(=O)n(-c2ccccc2)nc2c(=O)n(/N=C/c3ccco3)c(-c3ccco3)cc12. The molecule has 0 amide bonds. The van der Waals surface area contributed by atoms with Crippen LogP contribution in [0.5, 0.6) is 0 Å². The van der Waals surface area contributed by atoms with Crippen molar-refractivity contribution in [2.75, 3.05) is 0 Å². The number of para-hydroxylation sites is 1. The van der Waals surface area contributed by atoms with Gasteiger partial charge in [-0.15, -0.1) is 0 Å². The van der Waals surface area contributed by atoms with Crippen molar-refractivity contribution in [3.8, 4) is 23.2 Å². The maximum atomic E-state index is 13.5. The zero-order valence-electron chi connectivity index (χ0n) is 16.4. The van der Waals surface area contributed by atoms with Crippen LogP contribution in [0, 0.1) is 11.3 Å². The Morgan fingerprint density at radius 1 is 0.969 bits per heavy atom. The maximum absolute atomic E-state index is 13.5. The van der Waals surface area contributed by atoms with E-state index in [0.29, 0.717) is 17.2 Å². The van der Waals surface area contributed by atoms with Gasteiger partial charge in [0.2, 0.25) is 0 Å². The van der Waals surface area contributed by atoms with E-state index in [4.69, 9.17) is 8.83 Å². The van der Waals surface area contributed by atoms with E-state index in [1.165, 1.54) is 24.8 Å². The molecule has 0 bridgehead atoms. The molecule has 5 rings (SSSR count). The van der Waals surface area contributed by atoms with Crippen LogP contribution < -0.4 is 11.1 Å². The second-order valence-corrected chi connectivity index (χ2v) is 6.69. The van der Waals surface area contributed by atoms with Crippen LogP contribution in [0.15, 0.2) is 96.7 Å². The highest BCUT2D eigenvalue weighted by molar-refractivity contribution is 5.86. The van der Waals surface area contributed by atoms with Crippen molar-refractivity contribution in [1.29, 1.82) is 5.26 Å². The lowest BCUT2D eigenvalue weighted by atomic mass is 10.1. The van der Waals surface area contributed by atoms with Crippen molar-refractivity contribution in [3.63, 3.8) is 0 Å². The zero-order chi connectivity index (χ0) is 22.1. The Kier molecular flexibility index (Phi) is 4.58. The topological polar surface area (TPSA) is 119 Å². The molecule has 4 aromatic heterocycles. The number of hydrogen-bond acceptors (Lipinski definition) is 7. The molecular formula is C23H13N5O4. The molecule has 0 radical (unpaired) electrons. The first kappa shape index (κ1) is 19.0. The molecule has 0 atom stereocenters. The summed E-state index contributed by atoms with van der Waals surface area (Å²) < 4.78 is 12.8. The molecule has 1 aromatic carbocycles. The maximum Gasteiger partial charge on any atom is 0.299 e. The van der Waals surface area contributed by atoms with Crippen molar-refractivity contribution < 1.29 is 8.83 Å². The third kappa shape index (κ3) is 3.12. The highest BCUT2D eigenvalue weighted by Crippen LogP contribution is 2.23. The molecule has 0 unspecified atom stereocenters. The molecule has 0 saturated carbocycles. The van der Waals surface area contributed by atoms with Crippen molar-refractivity contribution >= 4 is 17.1 Å². The van der Waals surface area contributed by atoms with E-state index < -0.39 is 11.1 Å². The normalized spacial score (nSPS) is 11.2. The number of benzene rings is 1. The van der Waals surface area contributed by atoms with E-state index in [1.54, 1.807) is 54.6 Å². The zero-order valence-corrected chi connectivity index (χ0v) is 16.4. The minimum Gasteiger partial charge on any atom is -0.463 e. The molecule has 0 saturated heterocycles. The number of hydrogen-bond donors (Lipinski definition) is 0. The summed E-state index contributed by atoms with van der Waals surface area (Å²) in [6, 6.07) is 18.6. The van der Waals surface area contributed by atoms with Crippen molar-refractivity contribution in [2.24, 2.45) is 5.10 Å². The monoisotopic (exact) mass is 423 g/mol. The third-order valence-electron chi connectivity index (χ3n) is 4.76. The molecule has 4 heterocycles. The van der Waals surface area contributed by atoms with Gasteiger partial charge in [0.15, 0.2) is 11.3 Å². The Morgan fingerprint density at radius 3 is 2.44 bits per heavy atom. The minimum atomic E-state index is -0.632. The van der Waals surface area contributed by atoms with Crippen LogP contribution in [-0.4, -0.2) is 20.7 Å². The smallest absolute Gasteiger partial charge is 0.299 e. The average Bonchev–Trinajstić information content (AvgIpc) is 3.53. The predicted octanol–water partition coefficient (Wildman–Crippen LogP) is 3.15. The fourth-order valence-corrected chi connectivity index (χ4v) is 3.29. The molecule has 32 heavy (non-hydrogen) atoms. The van der Waals surface area contributed by atoms with Gasteiger partial charge in [-0.1, -0.05) is 18.2 Å². The van der Waals surface area contributed by atoms with E-state index in [1.807, 2.05) is 6.07 Å². The van der Waals surface area contributed by atoms with Crippen molar-refractivity contribution in [1.82, 2.24) is 14.5 Å². The summed E-state index contributed by atoms with van der Waals surface area (Å²) >= 11 is 0. The van der Waals surface area contributed by atoms with Crippen LogP contribution >= 0.6 is 0 Å². The van der Waals surface area contributed by atoms with Gasteiger partial charge < -0.3 is 8.83 Å². The summed E-state index contributed by atoms with van der Waals surface area (Å²) in [5.74, 6) is 0.763. The first-order valence-electron chi connectivity index (χ1n) is 9.48. The van der Waals surface area contributed by atoms with Gasteiger partial charge in [-0.05, 0) is 42.5 Å². The molecule has 0 spiro atoms. The first-order chi connectivity index (χ1) is 15.7. The summed E-state index contributed by atoms with van der Waals surface area (Å²) in [6.45, 7) is 0. The van der Waals surface area contributed by atoms with Gasteiger partial charge >= 0.3 is 0 Å². The Bertz CT molecular complexity index is 1600. The number of nitrogens with zero attached hydrogens (tertiary/aromatic N) is 5. The molecule has 154 valence electrons. The molecule has 9 heteroatoms. The largest absolute Gasteiger partial charge is 0.463 e. The fourth-order valence-electron chi connectivity index (χ4n) is 3.29. The fraction of sp³-hybridized carbons (Fsp3) is 0. The number of rotatable bonds is 4. The highest BCUT2D eigenvalue weighted by atomic mass is 16.3. The van der Waals surface area contributed by atoms with Crippen LogP contribution in [0.2, 0.25) is 0 Å². The van der Waals surface area contributed by atoms with Gasteiger partial charge in [-0.25, -0.2) is 0 Å². The molecule has 0 aliphatic carbocycles. The number of aromatic nitrogens is 3. The quantitative estimate of drug-likeness (QED) is 0.410. The Hall–Kier alpha value is -4.97. The second-order valence-electron chi connectivity index (χ2n) is 6.69. The molecule has 5 aromatic rings. The van der Waals surface area contributed by atoms with Gasteiger partial charge in [0.05, 0.1) is 24.4 Å².